The molecule has 7 aromatic rings. The van der Waals surface area contributed by atoms with Gasteiger partial charge in [0.1, 0.15) is 11.9 Å². The molecule has 0 spiro atoms. The third-order valence-electron chi connectivity index (χ3n) is 8.73. The second-order valence-electron chi connectivity index (χ2n) is 12.0. The van der Waals surface area contributed by atoms with E-state index in [1.165, 1.54) is 44.6 Å². The van der Waals surface area contributed by atoms with Gasteiger partial charge >= 0.3 is 0 Å². The van der Waals surface area contributed by atoms with Gasteiger partial charge in [-0.3, -0.25) is 0 Å². The third-order valence-corrected chi connectivity index (χ3v) is 8.73. The topological polar surface area (TPSA) is 11.5 Å². The van der Waals surface area contributed by atoms with E-state index in [1.54, 1.807) is 0 Å². The van der Waals surface area contributed by atoms with Crippen LogP contribution in [0.1, 0.15) is 50.8 Å². The lowest BCUT2D eigenvalue weighted by Gasteiger charge is -2.26. The molecule has 0 fully saturated rings. The van der Waals surface area contributed by atoms with Crippen molar-refractivity contribution < 1.29 is 17.0 Å². The monoisotopic (exact) mass is 619 g/mol. The highest BCUT2D eigenvalue weighted by molar-refractivity contribution is 5.60. The molecule has 4 heteroatoms. The van der Waals surface area contributed by atoms with Crippen molar-refractivity contribution in [3.63, 3.8) is 0 Å². The highest BCUT2D eigenvalue weighted by atomic mass is 35.5. The maximum Gasteiger partial charge on any atom is 0.255 e. The SMILES string of the molecule is Cc1cc(C(c2ccccc2)c2ccccc2)c(-[n+]2cc3cccc(N(C)C)n3c2)c(C(c2ccccc2)c2ccccc2)c1.[Cl-]. The summed E-state index contributed by atoms with van der Waals surface area (Å²) >= 11 is 0. The molecule has 228 valence electrons. The van der Waals surface area contributed by atoms with Crippen LogP contribution in [0.3, 0.4) is 0 Å². The van der Waals surface area contributed by atoms with Gasteiger partial charge in [-0.05, 0) is 35.2 Å². The van der Waals surface area contributed by atoms with Gasteiger partial charge in [0.05, 0.1) is 0 Å². The normalized spacial score (nSPS) is 11.2. The summed E-state index contributed by atoms with van der Waals surface area (Å²) in [7, 11) is 4.20. The van der Waals surface area contributed by atoms with Gasteiger partial charge in [-0.15, -0.1) is 0 Å². The highest BCUT2D eigenvalue weighted by Crippen LogP contribution is 2.41. The lowest BCUT2D eigenvalue weighted by molar-refractivity contribution is -0.595. The zero-order chi connectivity index (χ0) is 30.8. The van der Waals surface area contributed by atoms with E-state index in [-0.39, 0.29) is 24.2 Å². The second kappa shape index (κ2) is 13.5. The number of halogens is 1. The molecule has 7 rings (SSSR count). The molecule has 5 aromatic carbocycles. The lowest BCUT2D eigenvalue weighted by Crippen LogP contribution is -3.00. The van der Waals surface area contributed by atoms with E-state index in [9.17, 15) is 0 Å². The Hall–Kier alpha value is -5.12. The number of benzene rings is 5. The van der Waals surface area contributed by atoms with Crippen LogP contribution in [0.4, 0.5) is 5.82 Å². The summed E-state index contributed by atoms with van der Waals surface area (Å²) in [6.45, 7) is 2.24. The number of imidazole rings is 1. The number of aryl methyl sites for hydroxylation is 1. The first-order chi connectivity index (χ1) is 22.1. The number of nitrogens with zero attached hydrogens (tertiary/aromatic N) is 3. The lowest BCUT2D eigenvalue weighted by atomic mass is 9.78. The van der Waals surface area contributed by atoms with Gasteiger partial charge in [0, 0.05) is 43.1 Å². The van der Waals surface area contributed by atoms with Crippen molar-refractivity contribution >= 4 is 11.3 Å². The predicted octanol–water partition coefficient (Wildman–Crippen LogP) is 5.95. The molecule has 0 aliphatic heterocycles. The molecule has 3 nitrogen and oxygen atoms in total. The van der Waals surface area contributed by atoms with Crippen LogP contribution in [0.5, 0.6) is 0 Å². The van der Waals surface area contributed by atoms with E-state index in [1.807, 2.05) is 0 Å². The van der Waals surface area contributed by atoms with Gasteiger partial charge in [0.2, 0.25) is 5.82 Å². The maximum atomic E-state index is 2.40. The first kappa shape index (κ1) is 30.9. The summed E-state index contributed by atoms with van der Waals surface area (Å²) in [4.78, 5) is 2.17. The quantitative estimate of drug-likeness (QED) is 0.151. The van der Waals surface area contributed by atoms with Crippen molar-refractivity contribution in [3.8, 4) is 5.69 Å². The average molecular weight is 620 g/mol. The molecular formula is C42H38ClN3. The summed E-state index contributed by atoms with van der Waals surface area (Å²) in [5, 5.41) is 0. The minimum absolute atomic E-state index is 0. The second-order valence-corrected chi connectivity index (χ2v) is 12.0. The number of anilines is 1. The van der Waals surface area contributed by atoms with E-state index in [4.69, 9.17) is 0 Å². The molecule has 2 aromatic heterocycles. The van der Waals surface area contributed by atoms with E-state index >= 15 is 0 Å². The fraction of sp³-hybridized carbons (Fsp3) is 0.119. The van der Waals surface area contributed by atoms with E-state index in [0.717, 1.165) is 11.3 Å². The van der Waals surface area contributed by atoms with Crippen LogP contribution in [-0.4, -0.2) is 18.5 Å². The van der Waals surface area contributed by atoms with Crippen LogP contribution in [0.15, 0.2) is 164 Å². The first-order valence-corrected chi connectivity index (χ1v) is 15.6. The van der Waals surface area contributed by atoms with Crippen molar-refractivity contribution in [2.75, 3.05) is 19.0 Å². The zero-order valence-corrected chi connectivity index (χ0v) is 27.2. The fourth-order valence-electron chi connectivity index (χ4n) is 6.80. The van der Waals surface area contributed by atoms with Gasteiger partial charge in [0.15, 0.2) is 5.52 Å². The van der Waals surface area contributed by atoms with E-state index < -0.39 is 0 Å². The molecule has 0 atom stereocenters. The van der Waals surface area contributed by atoms with Crippen molar-refractivity contribution in [3.05, 3.63) is 203 Å². The molecule has 0 radical (unpaired) electrons. The summed E-state index contributed by atoms with van der Waals surface area (Å²) in [6.07, 6.45) is 4.53. The van der Waals surface area contributed by atoms with Crippen molar-refractivity contribution in [2.45, 2.75) is 18.8 Å². The standard InChI is InChI=1S/C42H38N3.ClH/c1-31-27-37(40(32-17-8-4-9-18-32)33-19-10-5-11-20-33)42(44-29-36-25-16-26-39(43(2)3)45(36)30-44)38(28-31)41(34-21-12-6-13-22-34)35-23-14-7-15-24-35;/h4-30,40-41H,1-3H3;1H/q+1;/p-1. The molecule has 0 bridgehead atoms. The van der Waals surface area contributed by atoms with Gasteiger partial charge in [-0.1, -0.05) is 145 Å². The number of pyridine rings is 1. The first-order valence-electron chi connectivity index (χ1n) is 15.6. The fourth-order valence-corrected chi connectivity index (χ4v) is 6.80. The number of aromatic nitrogens is 2. The maximum absolute atomic E-state index is 2.40. The highest BCUT2D eigenvalue weighted by Gasteiger charge is 2.31. The molecule has 0 saturated carbocycles. The van der Waals surface area contributed by atoms with Crippen molar-refractivity contribution in [1.29, 1.82) is 0 Å². The molecule has 0 unspecified atom stereocenters. The molecular weight excluding hydrogens is 582 g/mol. The number of fused-ring (bicyclic) bond motifs is 1. The molecule has 0 saturated heterocycles. The third kappa shape index (κ3) is 5.94. The van der Waals surface area contributed by atoms with Crippen LogP contribution in [0.25, 0.3) is 11.2 Å². The smallest absolute Gasteiger partial charge is 0.255 e. The Balaban J connectivity index is 0.00000372. The van der Waals surface area contributed by atoms with Crippen molar-refractivity contribution in [1.82, 2.24) is 4.40 Å². The number of hydrogen-bond donors (Lipinski definition) is 0. The molecule has 0 aliphatic carbocycles. The van der Waals surface area contributed by atoms with Crippen LogP contribution in [0.2, 0.25) is 0 Å². The number of rotatable bonds is 8. The molecule has 0 aliphatic rings. The van der Waals surface area contributed by atoms with Gasteiger partial charge in [-0.25, -0.2) is 4.57 Å². The summed E-state index contributed by atoms with van der Waals surface area (Å²) in [6, 6.07) is 55.1. The molecule has 0 amide bonds. The Labute approximate surface area is 278 Å². The minimum atomic E-state index is 0. The Kier molecular flexibility index (Phi) is 9.05. The van der Waals surface area contributed by atoms with Crippen LogP contribution >= 0.6 is 0 Å². The molecule has 2 heterocycles. The Bertz CT molecular complexity index is 1850. The van der Waals surface area contributed by atoms with Crippen LogP contribution in [-0.2, 0) is 0 Å². The van der Waals surface area contributed by atoms with Gasteiger partial charge in [0.25, 0.3) is 6.33 Å². The van der Waals surface area contributed by atoms with Crippen LogP contribution in [0, 0.1) is 6.92 Å². The summed E-state index contributed by atoms with van der Waals surface area (Å²) in [5.74, 6) is 1.21. The summed E-state index contributed by atoms with van der Waals surface area (Å²) < 4.78 is 4.65. The number of hydrogen-bond acceptors (Lipinski definition) is 1. The zero-order valence-electron chi connectivity index (χ0n) is 26.5. The molecule has 0 N–H and O–H groups in total. The minimum Gasteiger partial charge on any atom is -1.00 e. The largest absolute Gasteiger partial charge is 1.00 e. The van der Waals surface area contributed by atoms with Crippen LogP contribution < -0.4 is 21.9 Å². The Morgan fingerprint density at radius 2 is 0.957 bits per heavy atom. The predicted molar refractivity (Wildman–Crippen MR) is 186 cm³/mol. The average Bonchev–Trinajstić information content (AvgIpc) is 3.51. The van der Waals surface area contributed by atoms with Crippen molar-refractivity contribution in [2.24, 2.45) is 0 Å². The molecule has 46 heavy (non-hydrogen) atoms. The summed E-state index contributed by atoms with van der Waals surface area (Å²) in [5.41, 5.74) is 11.3. The Morgan fingerprint density at radius 1 is 0.543 bits per heavy atom. The van der Waals surface area contributed by atoms with E-state index in [2.05, 4.69) is 199 Å². The Morgan fingerprint density at radius 3 is 1.35 bits per heavy atom. The van der Waals surface area contributed by atoms with E-state index in [0.29, 0.717) is 0 Å². The van der Waals surface area contributed by atoms with Gasteiger partial charge < -0.3 is 17.3 Å². The van der Waals surface area contributed by atoms with Gasteiger partial charge in [-0.2, -0.15) is 4.40 Å².